The van der Waals surface area contributed by atoms with E-state index in [1.165, 1.54) is 13.0 Å². The van der Waals surface area contributed by atoms with Gasteiger partial charge in [0.05, 0.1) is 52.9 Å². The van der Waals surface area contributed by atoms with Crippen LogP contribution in [0.4, 0.5) is 0 Å². The number of carbonyl (C=O) groups is 5. The lowest BCUT2D eigenvalue weighted by atomic mass is 10.0. The highest BCUT2D eigenvalue weighted by molar-refractivity contribution is 5.91. The van der Waals surface area contributed by atoms with E-state index in [1.807, 2.05) is 0 Å². The molecule has 0 radical (unpaired) electrons. The van der Waals surface area contributed by atoms with Crippen LogP contribution in [0.1, 0.15) is 33.6 Å². The summed E-state index contributed by atoms with van der Waals surface area (Å²) < 4.78 is 21.6. The van der Waals surface area contributed by atoms with Crippen molar-refractivity contribution in [2.75, 3.05) is 72.5 Å². The third-order valence-electron chi connectivity index (χ3n) is 5.66. The summed E-state index contributed by atoms with van der Waals surface area (Å²) in [6.07, 6.45) is 3.58. The van der Waals surface area contributed by atoms with Crippen LogP contribution in [0.5, 0.6) is 0 Å². The fraction of sp³-hybridized carbons (Fsp3) is 0.731. The molecule has 0 aromatic rings. The van der Waals surface area contributed by atoms with Gasteiger partial charge in [0, 0.05) is 38.6 Å². The monoisotopic (exact) mass is 572 g/mol. The number of hydrogen-bond acceptors (Lipinski definition) is 9. The number of aliphatic carboxylic acids is 1. The first-order valence-corrected chi connectivity index (χ1v) is 13.5. The standard InChI is InChI=1S/C26H44N4O10/c1-19(2)24(25(34)28-20(3)26(35)36)29-22(32)7-11-37-13-15-39-17-18-40-16-14-38-12-8-27-21(31)6-10-30-9-4-5-23(30)33/h4-5,19-20,24H,6-18H2,1-3H3,(H,27,31)(H,28,34)(H,29,32)(H,35,36)/t20-,24-/m0/s1. The first-order valence-electron chi connectivity index (χ1n) is 13.5. The van der Waals surface area contributed by atoms with E-state index >= 15 is 0 Å². The second-order valence-corrected chi connectivity index (χ2v) is 9.34. The summed E-state index contributed by atoms with van der Waals surface area (Å²) in [6, 6.07) is -1.90. The van der Waals surface area contributed by atoms with Crippen molar-refractivity contribution in [3.8, 4) is 0 Å². The molecule has 0 bridgehead atoms. The topological polar surface area (TPSA) is 182 Å². The lowest BCUT2D eigenvalue weighted by Gasteiger charge is -2.23. The van der Waals surface area contributed by atoms with Crippen LogP contribution >= 0.6 is 0 Å². The van der Waals surface area contributed by atoms with Crippen molar-refractivity contribution >= 4 is 29.6 Å². The average molecular weight is 573 g/mol. The SMILES string of the molecule is CC(C)[C@H](NC(=O)CCOCCOCCOCCOCCNC(=O)CCN1CC=CC1=O)C(=O)N[C@@H](C)C(=O)O. The Morgan fingerprint density at radius 1 is 0.850 bits per heavy atom. The lowest BCUT2D eigenvalue weighted by Crippen LogP contribution is -2.53. The molecule has 40 heavy (non-hydrogen) atoms. The summed E-state index contributed by atoms with van der Waals surface area (Å²) in [5, 5.41) is 16.6. The number of carboxylic acid groups (broad SMARTS) is 1. The van der Waals surface area contributed by atoms with Crippen LogP contribution in [0.2, 0.25) is 0 Å². The molecule has 1 aliphatic heterocycles. The molecule has 0 aliphatic carbocycles. The summed E-state index contributed by atoms with van der Waals surface area (Å²) >= 11 is 0. The van der Waals surface area contributed by atoms with Crippen LogP contribution in [-0.4, -0.2) is 124 Å². The fourth-order valence-electron chi connectivity index (χ4n) is 3.34. The molecular formula is C26H44N4O10. The zero-order valence-electron chi connectivity index (χ0n) is 23.6. The van der Waals surface area contributed by atoms with Crippen LogP contribution in [0.3, 0.4) is 0 Å². The number of amides is 4. The quantitative estimate of drug-likeness (QED) is 0.112. The van der Waals surface area contributed by atoms with Crippen LogP contribution in [0, 0.1) is 5.92 Å². The molecule has 0 saturated heterocycles. The zero-order chi connectivity index (χ0) is 29.8. The van der Waals surface area contributed by atoms with Gasteiger partial charge in [-0.05, 0) is 12.8 Å². The molecule has 4 N–H and O–H groups in total. The lowest BCUT2D eigenvalue weighted by molar-refractivity contribution is -0.142. The molecule has 0 saturated carbocycles. The third-order valence-corrected chi connectivity index (χ3v) is 5.66. The third kappa shape index (κ3) is 16.1. The first-order chi connectivity index (χ1) is 19.1. The summed E-state index contributed by atoms with van der Waals surface area (Å²) in [7, 11) is 0. The molecule has 0 fully saturated rings. The van der Waals surface area contributed by atoms with Crippen LogP contribution in [0.15, 0.2) is 12.2 Å². The van der Waals surface area contributed by atoms with Crippen molar-refractivity contribution in [1.82, 2.24) is 20.9 Å². The van der Waals surface area contributed by atoms with E-state index < -0.39 is 24.0 Å². The second kappa shape index (κ2) is 20.8. The maximum atomic E-state index is 12.2. The fourth-order valence-corrected chi connectivity index (χ4v) is 3.34. The van der Waals surface area contributed by atoms with Crippen molar-refractivity contribution in [2.45, 2.75) is 45.7 Å². The number of rotatable bonds is 23. The molecular weight excluding hydrogens is 528 g/mol. The van der Waals surface area contributed by atoms with Crippen LogP contribution < -0.4 is 16.0 Å². The van der Waals surface area contributed by atoms with E-state index in [4.69, 9.17) is 24.1 Å². The van der Waals surface area contributed by atoms with Gasteiger partial charge in [0.1, 0.15) is 12.1 Å². The van der Waals surface area contributed by atoms with Gasteiger partial charge in [-0.2, -0.15) is 0 Å². The highest BCUT2D eigenvalue weighted by Gasteiger charge is 2.26. The molecule has 0 aromatic carbocycles. The minimum absolute atomic E-state index is 0.0507. The summed E-state index contributed by atoms with van der Waals surface area (Å²) in [4.78, 5) is 60.1. The first kappa shape index (κ1) is 35.0. The average Bonchev–Trinajstić information content (AvgIpc) is 3.32. The van der Waals surface area contributed by atoms with E-state index in [9.17, 15) is 24.0 Å². The Morgan fingerprint density at radius 3 is 1.95 bits per heavy atom. The minimum Gasteiger partial charge on any atom is -0.480 e. The number of carbonyl (C=O) groups excluding carboxylic acids is 4. The normalized spacial score (nSPS) is 14.3. The van der Waals surface area contributed by atoms with E-state index in [0.29, 0.717) is 59.3 Å². The van der Waals surface area contributed by atoms with Gasteiger partial charge in [0.25, 0.3) is 0 Å². The van der Waals surface area contributed by atoms with Crippen LogP contribution in [0.25, 0.3) is 0 Å². The Hall–Kier alpha value is -3.07. The molecule has 1 aliphatic rings. The van der Waals surface area contributed by atoms with E-state index in [1.54, 1.807) is 24.8 Å². The van der Waals surface area contributed by atoms with Crippen LogP contribution in [-0.2, 0) is 42.9 Å². The molecule has 0 unspecified atom stereocenters. The maximum Gasteiger partial charge on any atom is 0.325 e. The molecule has 14 nitrogen and oxygen atoms in total. The van der Waals surface area contributed by atoms with Gasteiger partial charge in [-0.1, -0.05) is 19.9 Å². The van der Waals surface area contributed by atoms with Gasteiger partial charge in [-0.3, -0.25) is 24.0 Å². The van der Waals surface area contributed by atoms with E-state index in [-0.39, 0.29) is 49.7 Å². The summed E-state index contributed by atoms with van der Waals surface area (Å²) in [5.41, 5.74) is 0. The molecule has 2 atom stereocenters. The molecule has 14 heteroatoms. The molecule has 1 rings (SSSR count). The van der Waals surface area contributed by atoms with Gasteiger partial charge in [-0.15, -0.1) is 0 Å². The van der Waals surface area contributed by atoms with Crippen molar-refractivity contribution in [3.05, 3.63) is 12.2 Å². The summed E-state index contributed by atoms with van der Waals surface area (Å²) in [6.45, 7) is 8.84. The second-order valence-electron chi connectivity index (χ2n) is 9.34. The molecule has 228 valence electrons. The van der Waals surface area contributed by atoms with Crippen molar-refractivity contribution in [2.24, 2.45) is 5.92 Å². The molecule has 4 amide bonds. The van der Waals surface area contributed by atoms with E-state index in [0.717, 1.165) is 0 Å². The predicted molar refractivity (Wildman–Crippen MR) is 143 cm³/mol. The van der Waals surface area contributed by atoms with Crippen molar-refractivity contribution in [3.63, 3.8) is 0 Å². The Labute approximate surface area is 235 Å². The van der Waals surface area contributed by atoms with Gasteiger partial charge < -0.3 is 44.9 Å². The van der Waals surface area contributed by atoms with Gasteiger partial charge in [0.15, 0.2) is 0 Å². The Bertz CT molecular complexity index is 836. The van der Waals surface area contributed by atoms with Gasteiger partial charge in [0.2, 0.25) is 23.6 Å². The molecule has 1 heterocycles. The molecule has 0 spiro atoms. The smallest absolute Gasteiger partial charge is 0.325 e. The Morgan fingerprint density at radius 2 is 1.43 bits per heavy atom. The summed E-state index contributed by atoms with van der Waals surface area (Å²) in [5.74, 6) is -2.49. The number of carboxylic acids is 1. The maximum absolute atomic E-state index is 12.2. The largest absolute Gasteiger partial charge is 0.480 e. The number of ether oxygens (including phenoxy) is 4. The van der Waals surface area contributed by atoms with Crippen molar-refractivity contribution < 1.29 is 48.0 Å². The van der Waals surface area contributed by atoms with E-state index in [2.05, 4.69) is 16.0 Å². The highest BCUT2D eigenvalue weighted by Crippen LogP contribution is 2.04. The van der Waals surface area contributed by atoms with Crippen molar-refractivity contribution in [1.29, 1.82) is 0 Å². The Kier molecular flexibility index (Phi) is 18.2. The molecule has 0 aromatic heterocycles. The van der Waals surface area contributed by atoms with Gasteiger partial charge >= 0.3 is 5.97 Å². The Balaban J connectivity index is 1.91. The zero-order valence-corrected chi connectivity index (χ0v) is 23.6. The number of hydrogen-bond donors (Lipinski definition) is 4. The van der Waals surface area contributed by atoms with Gasteiger partial charge in [-0.25, -0.2) is 0 Å². The number of nitrogens with zero attached hydrogens (tertiary/aromatic N) is 1. The highest BCUT2D eigenvalue weighted by atomic mass is 16.6. The minimum atomic E-state index is -1.16. The predicted octanol–water partition coefficient (Wildman–Crippen LogP) is -0.922. The number of nitrogens with one attached hydrogen (secondary N) is 3.